The minimum atomic E-state index is -2.01. The van der Waals surface area contributed by atoms with E-state index >= 15 is 0 Å². The number of para-hydroxylation sites is 1. The van der Waals surface area contributed by atoms with Crippen molar-refractivity contribution in [3.05, 3.63) is 59.2 Å². The van der Waals surface area contributed by atoms with Gasteiger partial charge in [-0.2, -0.15) is 0 Å². The molecule has 25 heavy (non-hydrogen) atoms. The summed E-state index contributed by atoms with van der Waals surface area (Å²) >= 11 is 0. The highest BCUT2D eigenvalue weighted by Crippen LogP contribution is 2.33. The van der Waals surface area contributed by atoms with Crippen LogP contribution in [0.3, 0.4) is 0 Å². The van der Waals surface area contributed by atoms with Gasteiger partial charge in [0, 0.05) is 0 Å². The highest BCUT2D eigenvalue weighted by Gasteiger charge is 2.39. The number of hydrogen-bond donors (Lipinski definition) is 1. The highest BCUT2D eigenvalue weighted by atomic mass is 28.3. The average molecular weight is 351 g/mol. The number of fused-ring (bicyclic) bond motifs is 1. The molecule has 0 aromatic heterocycles. The Balaban J connectivity index is 2.28. The molecule has 0 aliphatic heterocycles. The SMILES string of the molecule is CC[Si](CC)(c1cccc(C(C)(C)C)c1O)c1cccc2c1C=CC2. The van der Waals surface area contributed by atoms with Crippen LogP contribution in [-0.2, 0) is 11.8 Å². The normalized spacial score (nSPS) is 14.0. The standard InChI is InChI=1S/C23H30OSi/c1-6-25(7-2,20-15-9-12-17-11-8-13-18(17)20)21-16-10-14-19(22(21)24)23(3,4)5/h8-10,12-16,24H,6-7,11H2,1-5H3. The van der Waals surface area contributed by atoms with E-state index in [4.69, 9.17) is 0 Å². The molecule has 3 rings (SSSR count). The largest absolute Gasteiger partial charge is 0.508 e. The first-order valence-electron chi connectivity index (χ1n) is 9.47. The van der Waals surface area contributed by atoms with E-state index in [1.54, 1.807) is 0 Å². The van der Waals surface area contributed by atoms with Crippen LogP contribution in [0.1, 0.15) is 51.3 Å². The Morgan fingerprint density at radius 1 is 0.960 bits per heavy atom. The van der Waals surface area contributed by atoms with Crippen LogP contribution in [0.25, 0.3) is 6.08 Å². The Bertz CT molecular complexity index is 807. The maximum absolute atomic E-state index is 11.2. The van der Waals surface area contributed by atoms with Gasteiger partial charge in [0.25, 0.3) is 0 Å². The Labute approximate surface area is 153 Å². The molecule has 0 saturated heterocycles. The van der Waals surface area contributed by atoms with Gasteiger partial charge in [0.2, 0.25) is 0 Å². The van der Waals surface area contributed by atoms with E-state index in [0.717, 1.165) is 24.1 Å². The first-order valence-corrected chi connectivity index (χ1v) is 11.9. The zero-order valence-electron chi connectivity index (χ0n) is 16.2. The number of benzene rings is 2. The van der Waals surface area contributed by atoms with Gasteiger partial charge in [-0.3, -0.25) is 0 Å². The summed E-state index contributed by atoms with van der Waals surface area (Å²) in [5, 5.41) is 13.9. The molecule has 1 aliphatic rings. The van der Waals surface area contributed by atoms with Crippen molar-refractivity contribution in [1.29, 1.82) is 0 Å². The third-order valence-electron chi connectivity index (χ3n) is 5.90. The summed E-state index contributed by atoms with van der Waals surface area (Å²) in [6, 6.07) is 15.4. The lowest BCUT2D eigenvalue weighted by Gasteiger charge is -2.34. The van der Waals surface area contributed by atoms with Crippen molar-refractivity contribution in [3.8, 4) is 5.75 Å². The Hall–Kier alpha value is -1.80. The van der Waals surface area contributed by atoms with Crippen molar-refractivity contribution < 1.29 is 5.11 Å². The number of aromatic hydroxyl groups is 1. The van der Waals surface area contributed by atoms with Gasteiger partial charge in [-0.15, -0.1) is 0 Å². The van der Waals surface area contributed by atoms with Crippen molar-refractivity contribution >= 4 is 24.5 Å². The van der Waals surface area contributed by atoms with Gasteiger partial charge in [-0.05, 0) is 38.9 Å². The van der Waals surface area contributed by atoms with E-state index in [9.17, 15) is 5.11 Å². The molecule has 0 amide bonds. The van der Waals surface area contributed by atoms with Crippen molar-refractivity contribution in [2.45, 2.75) is 58.5 Å². The summed E-state index contributed by atoms with van der Waals surface area (Å²) in [7, 11) is -2.01. The van der Waals surface area contributed by atoms with Gasteiger partial charge in [0.1, 0.15) is 13.8 Å². The minimum Gasteiger partial charge on any atom is -0.508 e. The number of allylic oxidation sites excluding steroid dienone is 1. The molecule has 0 fully saturated rings. The molecule has 2 heteroatoms. The van der Waals surface area contributed by atoms with Crippen molar-refractivity contribution in [3.63, 3.8) is 0 Å². The molecule has 0 spiro atoms. The van der Waals surface area contributed by atoms with Crippen LogP contribution in [0.5, 0.6) is 5.75 Å². The van der Waals surface area contributed by atoms with Crippen molar-refractivity contribution in [2.75, 3.05) is 0 Å². The third-order valence-corrected chi connectivity index (χ3v) is 11.2. The summed E-state index contributed by atoms with van der Waals surface area (Å²) < 4.78 is 0. The monoisotopic (exact) mass is 350 g/mol. The molecule has 0 bridgehead atoms. The van der Waals surface area contributed by atoms with Crippen LogP contribution >= 0.6 is 0 Å². The van der Waals surface area contributed by atoms with Crippen LogP contribution < -0.4 is 10.4 Å². The summed E-state index contributed by atoms with van der Waals surface area (Å²) in [5.41, 5.74) is 3.85. The molecule has 2 aromatic rings. The van der Waals surface area contributed by atoms with Crippen molar-refractivity contribution in [2.24, 2.45) is 0 Å². The van der Waals surface area contributed by atoms with Gasteiger partial charge < -0.3 is 5.11 Å². The van der Waals surface area contributed by atoms with Gasteiger partial charge in [0.05, 0.1) is 0 Å². The predicted octanol–water partition coefficient (Wildman–Crippen LogP) is 4.86. The van der Waals surface area contributed by atoms with E-state index in [1.807, 2.05) is 0 Å². The summed E-state index contributed by atoms with van der Waals surface area (Å²) in [5.74, 6) is 0.532. The van der Waals surface area contributed by atoms with Crippen LogP contribution in [0.15, 0.2) is 42.5 Å². The molecular formula is C23H30OSi. The second-order valence-electron chi connectivity index (χ2n) is 8.23. The molecular weight excluding hydrogens is 320 g/mol. The zero-order chi connectivity index (χ0) is 18.2. The van der Waals surface area contributed by atoms with E-state index < -0.39 is 8.07 Å². The molecule has 0 heterocycles. The highest BCUT2D eigenvalue weighted by molar-refractivity contribution is 7.03. The van der Waals surface area contributed by atoms with E-state index in [1.165, 1.54) is 21.5 Å². The molecule has 1 aliphatic carbocycles. The minimum absolute atomic E-state index is 0.0553. The lowest BCUT2D eigenvalue weighted by Crippen LogP contribution is -2.58. The quantitative estimate of drug-likeness (QED) is 0.781. The summed E-state index contributed by atoms with van der Waals surface area (Å²) in [6.07, 6.45) is 5.60. The maximum Gasteiger partial charge on any atom is 0.123 e. The van der Waals surface area contributed by atoms with Crippen LogP contribution in [0.2, 0.25) is 12.1 Å². The van der Waals surface area contributed by atoms with Crippen LogP contribution in [-0.4, -0.2) is 13.2 Å². The first kappa shape index (κ1) is 18.0. The Morgan fingerprint density at radius 2 is 1.60 bits per heavy atom. The fourth-order valence-electron chi connectivity index (χ4n) is 4.40. The smallest absolute Gasteiger partial charge is 0.123 e. The van der Waals surface area contributed by atoms with Crippen LogP contribution in [0.4, 0.5) is 0 Å². The summed E-state index contributed by atoms with van der Waals surface area (Å²) in [6.45, 7) is 11.1. The molecule has 0 radical (unpaired) electrons. The predicted molar refractivity (Wildman–Crippen MR) is 112 cm³/mol. The number of rotatable bonds is 4. The lowest BCUT2D eigenvalue weighted by molar-refractivity contribution is 0.450. The topological polar surface area (TPSA) is 20.2 Å². The molecule has 132 valence electrons. The fraction of sp³-hybridized carbons (Fsp3) is 0.391. The molecule has 0 unspecified atom stereocenters. The van der Waals surface area contributed by atoms with Crippen LogP contribution in [0, 0.1) is 0 Å². The Morgan fingerprint density at radius 3 is 2.24 bits per heavy atom. The second-order valence-corrected chi connectivity index (χ2v) is 12.9. The first-order chi connectivity index (χ1) is 11.8. The molecule has 1 N–H and O–H groups in total. The van der Waals surface area contributed by atoms with Gasteiger partial charge in [-0.25, -0.2) is 0 Å². The van der Waals surface area contributed by atoms with E-state index in [2.05, 4.69) is 83.2 Å². The Kier molecular flexibility index (Phi) is 4.67. The fourth-order valence-corrected chi connectivity index (χ4v) is 8.89. The number of hydrogen-bond acceptors (Lipinski definition) is 1. The van der Waals surface area contributed by atoms with E-state index in [-0.39, 0.29) is 5.41 Å². The molecule has 1 nitrogen and oxygen atoms in total. The van der Waals surface area contributed by atoms with E-state index in [0.29, 0.717) is 5.75 Å². The van der Waals surface area contributed by atoms with Gasteiger partial charge in [-0.1, -0.05) is 95.3 Å². The van der Waals surface area contributed by atoms with Gasteiger partial charge in [0.15, 0.2) is 0 Å². The van der Waals surface area contributed by atoms with Gasteiger partial charge >= 0.3 is 0 Å². The maximum atomic E-state index is 11.2. The zero-order valence-corrected chi connectivity index (χ0v) is 17.2. The lowest BCUT2D eigenvalue weighted by atomic mass is 9.86. The summed E-state index contributed by atoms with van der Waals surface area (Å²) in [4.78, 5) is 0. The molecule has 0 saturated carbocycles. The molecule has 0 atom stereocenters. The average Bonchev–Trinajstić information content (AvgIpc) is 3.06. The number of phenols is 1. The molecule has 2 aromatic carbocycles. The third kappa shape index (κ3) is 2.87. The number of phenolic OH excluding ortho intramolecular Hbond substituents is 1. The second kappa shape index (κ2) is 6.49. The van der Waals surface area contributed by atoms with Crippen molar-refractivity contribution in [1.82, 2.24) is 0 Å².